The van der Waals surface area contributed by atoms with Crippen LogP contribution < -0.4 is 15.0 Å². The number of amides is 3. The van der Waals surface area contributed by atoms with Crippen LogP contribution in [0.4, 0.5) is 10.5 Å². The van der Waals surface area contributed by atoms with Gasteiger partial charge >= 0.3 is 6.09 Å². The smallest absolute Gasteiger partial charge is 0.407 e. The van der Waals surface area contributed by atoms with Crippen LogP contribution in [0.3, 0.4) is 0 Å². The minimum atomic E-state index is -1.29. The number of aromatic nitrogens is 1. The van der Waals surface area contributed by atoms with Gasteiger partial charge in [0.25, 0.3) is 5.91 Å². The summed E-state index contributed by atoms with van der Waals surface area (Å²) in [5.74, 6) is -0.742. The highest BCUT2D eigenvalue weighted by molar-refractivity contribution is 6.02. The van der Waals surface area contributed by atoms with Crippen molar-refractivity contribution in [1.82, 2.24) is 14.8 Å². The minimum absolute atomic E-state index is 0.0476. The number of benzene rings is 3. The monoisotopic (exact) mass is 576 g/mol. The molecular formula is C32H28N6O5. The number of nitrogens with zero attached hydrogens (tertiary/aromatic N) is 5. The van der Waals surface area contributed by atoms with E-state index in [1.165, 1.54) is 18.9 Å². The van der Waals surface area contributed by atoms with Crippen LogP contribution in [0.5, 0.6) is 5.75 Å². The second kappa shape index (κ2) is 11.6. The quantitative estimate of drug-likeness (QED) is 0.349. The Labute approximate surface area is 247 Å². The average molecular weight is 577 g/mol. The molecule has 216 valence electrons. The fraction of sp³-hybridized carbons (Fsp3) is 0.219. The lowest BCUT2D eigenvalue weighted by atomic mass is 10.1. The summed E-state index contributed by atoms with van der Waals surface area (Å²) in [6, 6.07) is 23.6. The first-order valence-corrected chi connectivity index (χ1v) is 13.5. The first-order chi connectivity index (χ1) is 20.7. The molecule has 0 radical (unpaired) electrons. The molecule has 2 N–H and O–H groups in total. The lowest BCUT2D eigenvalue weighted by Gasteiger charge is -2.28. The van der Waals surface area contributed by atoms with Gasteiger partial charge in [0.05, 0.1) is 29.0 Å². The second-order valence-corrected chi connectivity index (χ2v) is 10.2. The summed E-state index contributed by atoms with van der Waals surface area (Å²) < 4.78 is 7.85. The number of ether oxygens (including phenoxy) is 1. The Balaban J connectivity index is 1.63. The van der Waals surface area contributed by atoms with Crippen molar-refractivity contribution in [3.63, 3.8) is 0 Å². The molecule has 1 aromatic heterocycles. The number of likely N-dealkylation sites (N-methyl/N-ethyl adjacent to an activating group) is 1. The van der Waals surface area contributed by atoms with E-state index in [2.05, 4.69) is 17.5 Å². The Kier molecular flexibility index (Phi) is 7.74. The summed E-state index contributed by atoms with van der Waals surface area (Å²) in [5, 5.41) is 33.0. The highest BCUT2D eigenvalue weighted by atomic mass is 16.5. The third-order valence-electron chi connectivity index (χ3n) is 7.70. The van der Waals surface area contributed by atoms with Crippen LogP contribution in [0.15, 0.2) is 72.8 Å². The Morgan fingerprint density at radius 2 is 1.67 bits per heavy atom. The van der Waals surface area contributed by atoms with E-state index in [0.717, 1.165) is 4.90 Å². The van der Waals surface area contributed by atoms with Crippen molar-refractivity contribution >= 4 is 34.5 Å². The summed E-state index contributed by atoms with van der Waals surface area (Å²) in [4.78, 5) is 41.1. The number of fused-ring (bicyclic) bond motifs is 2. The zero-order valence-corrected chi connectivity index (χ0v) is 23.7. The summed E-state index contributed by atoms with van der Waals surface area (Å²) >= 11 is 0. The number of hydrogen-bond acceptors (Lipinski definition) is 6. The fourth-order valence-corrected chi connectivity index (χ4v) is 5.25. The molecule has 3 atom stereocenters. The zero-order valence-electron chi connectivity index (χ0n) is 23.7. The molecule has 43 heavy (non-hydrogen) atoms. The molecule has 5 rings (SSSR count). The number of hydrogen-bond donors (Lipinski definition) is 2. The predicted octanol–water partition coefficient (Wildman–Crippen LogP) is 4.17. The Bertz CT molecular complexity index is 1830. The number of nitriles is 2. The van der Waals surface area contributed by atoms with Gasteiger partial charge in [-0.2, -0.15) is 10.5 Å². The van der Waals surface area contributed by atoms with Gasteiger partial charge in [-0.05, 0) is 44.2 Å². The minimum Gasteiger partial charge on any atom is -0.486 e. The summed E-state index contributed by atoms with van der Waals surface area (Å²) in [6.07, 6.45) is -2.09. The average Bonchev–Trinajstić information content (AvgIpc) is 3.29. The Morgan fingerprint density at radius 1 is 1.02 bits per heavy atom. The van der Waals surface area contributed by atoms with Gasteiger partial charge in [-0.25, -0.2) is 4.79 Å². The molecule has 1 aliphatic heterocycles. The van der Waals surface area contributed by atoms with Crippen LogP contribution in [-0.4, -0.2) is 57.7 Å². The van der Waals surface area contributed by atoms with E-state index in [4.69, 9.17) is 4.74 Å². The van der Waals surface area contributed by atoms with Gasteiger partial charge in [-0.15, -0.1) is 0 Å². The van der Waals surface area contributed by atoms with Gasteiger partial charge in [-0.1, -0.05) is 42.5 Å². The van der Waals surface area contributed by atoms with Crippen LogP contribution in [0.2, 0.25) is 0 Å². The largest absolute Gasteiger partial charge is 0.486 e. The van der Waals surface area contributed by atoms with Crippen molar-refractivity contribution in [2.24, 2.45) is 0 Å². The molecule has 0 unspecified atom stereocenters. The Morgan fingerprint density at radius 3 is 2.37 bits per heavy atom. The topological polar surface area (TPSA) is 152 Å². The van der Waals surface area contributed by atoms with Crippen LogP contribution in [0.25, 0.3) is 16.6 Å². The SMILES string of the molecule is C[C@@H]1Oc2ccccc2N(Cc2c(C#N)n(-c3ccccc3C#N)c3ccccc23)C(=O)[C@H]1NC(=O)[C@H](C)N(C)C(=O)O. The van der Waals surface area contributed by atoms with Crippen molar-refractivity contribution in [2.45, 2.75) is 38.6 Å². The summed E-state index contributed by atoms with van der Waals surface area (Å²) in [7, 11) is 1.27. The third-order valence-corrected chi connectivity index (χ3v) is 7.70. The highest BCUT2D eigenvalue weighted by Gasteiger charge is 2.39. The molecule has 0 aliphatic carbocycles. The summed E-state index contributed by atoms with van der Waals surface area (Å²) in [5.41, 5.74) is 2.85. The molecule has 11 heteroatoms. The van der Waals surface area contributed by atoms with E-state index < -0.39 is 36.1 Å². The number of rotatable bonds is 6. The lowest BCUT2D eigenvalue weighted by Crippen LogP contribution is -2.57. The molecule has 1 aliphatic rings. The predicted molar refractivity (Wildman–Crippen MR) is 158 cm³/mol. The molecule has 4 aromatic rings. The number of anilines is 1. The molecule has 0 bridgehead atoms. The molecule has 11 nitrogen and oxygen atoms in total. The van der Waals surface area contributed by atoms with E-state index in [9.17, 15) is 30.0 Å². The third kappa shape index (κ3) is 5.09. The zero-order chi connectivity index (χ0) is 30.8. The standard InChI is InChI=1S/C32H28N6O5/c1-19(36(3)32(41)42)30(39)35-29-20(2)43-28-15-9-8-14-26(28)37(31(29)40)18-23-22-11-5-7-13-25(22)38(27(23)17-34)24-12-6-4-10-21(24)16-33/h4-15,19-20,29H,18H2,1-3H3,(H,35,39)(H,41,42)/t19-,20-,29-/m0/s1. The van der Waals surface area contributed by atoms with Crippen LogP contribution in [0.1, 0.15) is 30.7 Å². The maximum Gasteiger partial charge on any atom is 0.407 e. The van der Waals surface area contributed by atoms with Crippen molar-refractivity contribution in [2.75, 3.05) is 11.9 Å². The van der Waals surface area contributed by atoms with E-state index in [1.54, 1.807) is 60.0 Å². The number of carboxylic acid groups (broad SMARTS) is 1. The number of carbonyl (C=O) groups excluding carboxylic acids is 2. The molecule has 0 saturated heterocycles. The van der Waals surface area contributed by atoms with Gasteiger partial charge in [0.1, 0.15) is 41.8 Å². The van der Waals surface area contributed by atoms with Crippen LogP contribution in [-0.2, 0) is 16.1 Å². The molecular weight excluding hydrogens is 548 g/mol. The molecule has 3 amide bonds. The molecule has 0 saturated carbocycles. The van der Waals surface area contributed by atoms with Gasteiger partial charge < -0.3 is 20.1 Å². The second-order valence-electron chi connectivity index (χ2n) is 10.2. The number of para-hydroxylation sites is 4. The maximum absolute atomic E-state index is 14.3. The molecule has 0 fully saturated rings. The molecule has 3 aromatic carbocycles. The van der Waals surface area contributed by atoms with E-state index in [1.807, 2.05) is 24.3 Å². The van der Waals surface area contributed by atoms with E-state index >= 15 is 0 Å². The van der Waals surface area contributed by atoms with Crippen molar-refractivity contribution in [1.29, 1.82) is 10.5 Å². The maximum atomic E-state index is 14.3. The van der Waals surface area contributed by atoms with E-state index in [-0.39, 0.29) is 12.2 Å². The van der Waals surface area contributed by atoms with E-state index in [0.29, 0.717) is 39.2 Å². The first-order valence-electron chi connectivity index (χ1n) is 13.5. The number of carbonyl (C=O) groups is 3. The van der Waals surface area contributed by atoms with Gasteiger partial charge in [-0.3, -0.25) is 19.1 Å². The normalized spacial score (nSPS) is 16.7. The first kappa shape index (κ1) is 28.7. The van der Waals surface area contributed by atoms with Gasteiger partial charge in [0.2, 0.25) is 5.91 Å². The van der Waals surface area contributed by atoms with Crippen molar-refractivity contribution in [3.05, 3.63) is 89.6 Å². The van der Waals surface area contributed by atoms with Gasteiger partial charge in [0, 0.05) is 18.0 Å². The van der Waals surface area contributed by atoms with Crippen molar-refractivity contribution < 1.29 is 24.2 Å². The number of nitrogens with one attached hydrogen (secondary N) is 1. The van der Waals surface area contributed by atoms with Crippen molar-refractivity contribution in [3.8, 4) is 23.6 Å². The molecule has 2 heterocycles. The summed E-state index contributed by atoms with van der Waals surface area (Å²) in [6.45, 7) is 3.03. The van der Waals surface area contributed by atoms with Gasteiger partial charge in [0.15, 0.2) is 0 Å². The molecule has 0 spiro atoms. The highest BCUT2D eigenvalue weighted by Crippen LogP contribution is 2.37. The lowest BCUT2D eigenvalue weighted by molar-refractivity contribution is -0.131. The Hall–Kier alpha value is -5.81. The fourth-order valence-electron chi connectivity index (χ4n) is 5.25. The van der Waals surface area contributed by atoms with Crippen LogP contribution >= 0.6 is 0 Å². The van der Waals surface area contributed by atoms with Crippen LogP contribution in [0, 0.1) is 22.7 Å².